The number of nitrogens with zero attached hydrogens (tertiary/aromatic N) is 2. The highest BCUT2D eigenvalue weighted by molar-refractivity contribution is 6.03. The van der Waals surface area contributed by atoms with Gasteiger partial charge in [0.2, 0.25) is 5.78 Å². The highest BCUT2D eigenvalue weighted by Crippen LogP contribution is 2.13. The van der Waals surface area contributed by atoms with Crippen molar-refractivity contribution in [1.29, 1.82) is 0 Å². The normalized spacial score (nSPS) is 11.1. The molecule has 0 aliphatic carbocycles. The molecule has 0 spiro atoms. The quantitative estimate of drug-likeness (QED) is 0.476. The Morgan fingerprint density at radius 3 is 2.43 bits per heavy atom. The minimum Gasteiger partial charge on any atom is -0.378 e. The van der Waals surface area contributed by atoms with Crippen molar-refractivity contribution in [3.63, 3.8) is 0 Å². The summed E-state index contributed by atoms with van der Waals surface area (Å²) in [5.41, 5.74) is 2.71. The fourth-order valence-electron chi connectivity index (χ4n) is 1.79. The van der Waals surface area contributed by atoms with E-state index in [2.05, 4.69) is 22.0 Å². The van der Waals surface area contributed by atoms with Crippen LogP contribution in [0.15, 0.2) is 66.9 Å². The van der Waals surface area contributed by atoms with E-state index in [9.17, 15) is 4.79 Å². The zero-order valence-electron chi connectivity index (χ0n) is 12.2. The molecule has 0 atom stereocenters. The van der Waals surface area contributed by atoms with E-state index in [1.807, 2.05) is 38.4 Å². The molecule has 21 heavy (non-hydrogen) atoms. The number of hydrogen-bond acceptors (Lipinski definition) is 3. The Balaban J connectivity index is 1.96. The van der Waals surface area contributed by atoms with Crippen LogP contribution in [0, 0.1) is 0 Å². The second-order valence-corrected chi connectivity index (χ2v) is 4.78. The van der Waals surface area contributed by atoms with Crippen LogP contribution in [0.25, 0.3) is 6.08 Å². The van der Waals surface area contributed by atoms with Crippen LogP contribution in [-0.2, 0) is 0 Å². The van der Waals surface area contributed by atoms with Crippen molar-refractivity contribution in [3.05, 3.63) is 78.1 Å². The van der Waals surface area contributed by atoms with Gasteiger partial charge >= 0.3 is 0 Å². The summed E-state index contributed by atoms with van der Waals surface area (Å²) in [5, 5.41) is 0. The fraction of sp³-hybridized carbons (Fsp3) is 0.111. The molecule has 1 aromatic heterocycles. The molecule has 0 amide bonds. The van der Waals surface area contributed by atoms with Gasteiger partial charge < -0.3 is 4.90 Å². The van der Waals surface area contributed by atoms with E-state index in [1.54, 1.807) is 30.5 Å². The lowest BCUT2D eigenvalue weighted by Gasteiger charge is -2.11. The molecule has 0 bridgehead atoms. The van der Waals surface area contributed by atoms with Crippen LogP contribution in [-0.4, -0.2) is 24.9 Å². The predicted molar refractivity (Wildman–Crippen MR) is 87.5 cm³/mol. The maximum Gasteiger partial charge on any atom is 0.204 e. The average Bonchev–Trinajstić information content (AvgIpc) is 2.52. The summed E-state index contributed by atoms with van der Waals surface area (Å²) in [7, 11) is 4.02. The average molecular weight is 278 g/mol. The first-order chi connectivity index (χ1) is 10.2. The van der Waals surface area contributed by atoms with Crippen LogP contribution in [0.3, 0.4) is 0 Å². The standard InChI is InChI=1S/C18H18N2O/c1-20(2)16-12-10-15(11-13-16)7-3-4-9-18(21)17-8-5-6-14-19-17/h3-14H,1-2H3. The van der Waals surface area contributed by atoms with Crippen molar-refractivity contribution in [2.24, 2.45) is 0 Å². The molecule has 106 valence electrons. The number of allylic oxidation sites excluding steroid dienone is 3. The number of rotatable bonds is 5. The van der Waals surface area contributed by atoms with Gasteiger partial charge in [0.1, 0.15) is 5.69 Å². The molecule has 3 heteroatoms. The Labute approximate surface area is 125 Å². The van der Waals surface area contributed by atoms with E-state index in [1.165, 1.54) is 6.08 Å². The van der Waals surface area contributed by atoms with E-state index in [4.69, 9.17) is 0 Å². The van der Waals surface area contributed by atoms with Crippen molar-refractivity contribution >= 4 is 17.5 Å². The lowest BCUT2D eigenvalue weighted by molar-refractivity contribution is 0.104. The van der Waals surface area contributed by atoms with Gasteiger partial charge in [-0.15, -0.1) is 0 Å². The van der Waals surface area contributed by atoms with E-state index in [0.29, 0.717) is 5.69 Å². The van der Waals surface area contributed by atoms with Gasteiger partial charge in [0.25, 0.3) is 0 Å². The summed E-state index contributed by atoms with van der Waals surface area (Å²) in [5.74, 6) is -0.0943. The molecule has 0 unspecified atom stereocenters. The Bertz CT molecular complexity index is 641. The molecular formula is C18H18N2O. The molecule has 0 saturated carbocycles. The van der Waals surface area contributed by atoms with Crippen LogP contribution in [0.1, 0.15) is 16.1 Å². The van der Waals surface area contributed by atoms with Crippen molar-refractivity contribution < 1.29 is 4.79 Å². The number of pyridine rings is 1. The highest BCUT2D eigenvalue weighted by atomic mass is 16.1. The van der Waals surface area contributed by atoms with Gasteiger partial charge in [-0.1, -0.05) is 36.4 Å². The van der Waals surface area contributed by atoms with Crippen LogP contribution in [0.5, 0.6) is 0 Å². The number of aromatic nitrogens is 1. The van der Waals surface area contributed by atoms with Gasteiger partial charge in [-0.05, 0) is 35.9 Å². The van der Waals surface area contributed by atoms with Gasteiger partial charge in [-0.25, -0.2) is 0 Å². The number of carbonyl (C=O) groups is 1. The van der Waals surface area contributed by atoms with Crippen LogP contribution in [0.4, 0.5) is 5.69 Å². The van der Waals surface area contributed by atoms with E-state index in [0.717, 1.165) is 11.3 Å². The third kappa shape index (κ3) is 4.42. The molecule has 0 aliphatic heterocycles. The smallest absolute Gasteiger partial charge is 0.204 e. The number of hydrogen-bond donors (Lipinski definition) is 0. The van der Waals surface area contributed by atoms with Crippen LogP contribution >= 0.6 is 0 Å². The number of benzene rings is 1. The monoisotopic (exact) mass is 278 g/mol. The third-order valence-electron chi connectivity index (χ3n) is 2.97. The highest BCUT2D eigenvalue weighted by Gasteiger charge is 1.99. The number of anilines is 1. The van der Waals surface area contributed by atoms with E-state index >= 15 is 0 Å². The Morgan fingerprint density at radius 2 is 1.81 bits per heavy atom. The molecular weight excluding hydrogens is 260 g/mol. The summed E-state index contributed by atoms with van der Waals surface area (Å²) in [4.78, 5) is 17.9. The van der Waals surface area contributed by atoms with Crippen molar-refractivity contribution in [2.45, 2.75) is 0 Å². The Hall–Kier alpha value is -2.68. The molecule has 1 aromatic carbocycles. The summed E-state index contributed by atoms with van der Waals surface area (Å²) >= 11 is 0. The van der Waals surface area contributed by atoms with Gasteiger partial charge in [0.05, 0.1) is 0 Å². The molecule has 0 saturated heterocycles. The van der Waals surface area contributed by atoms with Crippen LogP contribution in [0.2, 0.25) is 0 Å². The molecule has 0 radical (unpaired) electrons. The number of ketones is 1. The Morgan fingerprint density at radius 1 is 1.05 bits per heavy atom. The number of carbonyl (C=O) groups excluding carboxylic acids is 1. The fourth-order valence-corrected chi connectivity index (χ4v) is 1.79. The topological polar surface area (TPSA) is 33.2 Å². The van der Waals surface area contributed by atoms with Crippen molar-refractivity contribution in [3.8, 4) is 0 Å². The molecule has 0 N–H and O–H groups in total. The molecule has 2 aromatic rings. The molecule has 0 aliphatic rings. The maximum absolute atomic E-state index is 11.8. The molecule has 3 nitrogen and oxygen atoms in total. The van der Waals surface area contributed by atoms with Crippen LogP contribution < -0.4 is 4.90 Å². The third-order valence-corrected chi connectivity index (χ3v) is 2.97. The lowest BCUT2D eigenvalue weighted by Crippen LogP contribution is -2.07. The minimum atomic E-state index is -0.0943. The lowest BCUT2D eigenvalue weighted by atomic mass is 10.2. The SMILES string of the molecule is CN(C)c1ccc(C=CC=CC(=O)c2ccccn2)cc1. The first-order valence-electron chi connectivity index (χ1n) is 6.74. The van der Waals surface area contributed by atoms with Gasteiger partial charge in [0.15, 0.2) is 0 Å². The van der Waals surface area contributed by atoms with Crippen molar-refractivity contribution in [2.75, 3.05) is 19.0 Å². The zero-order chi connectivity index (χ0) is 15.1. The maximum atomic E-state index is 11.8. The van der Waals surface area contributed by atoms with Crippen molar-refractivity contribution in [1.82, 2.24) is 4.98 Å². The minimum absolute atomic E-state index is 0.0943. The summed E-state index contributed by atoms with van der Waals surface area (Å²) in [6, 6.07) is 13.5. The van der Waals surface area contributed by atoms with Gasteiger partial charge in [-0.3, -0.25) is 9.78 Å². The first-order valence-corrected chi connectivity index (χ1v) is 6.74. The molecule has 0 fully saturated rings. The van der Waals surface area contributed by atoms with E-state index < -0.39 is 0 Å². The summed E-state index contributed by atoms with van der Waals surface area (Å²) < 4.78 is 0. The largest absolute Gasteiger partial charge is 0.378 e. The summed E-state index contributed by atoms with van der Waals surface area (Å²) in [6.45, 7) is 0. The zero-order valence-corrected chi connectivity index (χ0v) is 12.2. The first kappa shape index (κ1) is 14.7. The Kier molecular flexibility index (Phi) is 5.04. The predicted octanol–water partition coefficient (Wildman–Crippen LogP) is 3.60. The second kappa shape index (κ2) is 7.20. The molecule has 1 heterocycles. The van der Waals surface area contributed by atoms with Gasteiger partial charge in [-0.2, -0.15) is 0 Å². The molecule has 2 rings (SSSR count). The van der Waals surface area contributed by atoms with E-state index in [-0.39, 0.29) is 5.78 Å². The second-order valence-electron chi connectivity index (χ2n) is 4.78. The summed E-state index contributed by atoms with van der Waals surface area (Å²) in [6.07, 6.45) is 8.68. The van der Waals surface area contributed by atoms with Gasteiger partial charge in [0, 0.05) is 26.0 Å².